The van der Waals surface area contributed by atoms with Gasteiger partial charge in [0.15, 0.2) is 0 Å². The van der Waals surface area contributed by atoms with Crippen molar-refractivity contribution in [3.63, 3.8) is 0 Å². The molecule has 0 aliphatic heterocycles. The van der Waals surface area contributed by atoms with Gasteiger partial charge in [-0.05, 0) is 69.6 Å². The quantitative estimate of drug-likeness (QED) is 0.213. The molecule has 150 valence electrons. The molecule has 0 aromatic heterocycles. The second-order valence-corrected chi connectivity index (χ2v) is 16.4. The summed E-state index contributed by atoms with van der Waals surface area (Å²) in [7, 11) is 10.6. The molecule has 0 aromatic carbocycles. The monoisotopic (exact) mass is 592 g/mol. The van der Waals surface area contributed by atoms with Crippen LogP contribution in [0.2, 0.25) is 0 Å². The van der Waals surface area contributed by atoms with Crippen molar-refractivity contribution in [2.45, 2.75) is 34.6 Å². The van der Waals surface area contributed by atoms with E-state index in [9.17, 15) is 0 Å². The fraction of sp³-hybridized carbons (Fsp3) is 0.550. The van der Waals surface area contributed by atoms with E-state index in [1.165, 1.54) is 29.6 Å². The van der Waals surface area contributed by atoms with Crippen LogP contribution in [0.1, 0.15) is 34.6 Å². The van der Waals surface area contributed by atoms with Gasteiger partial charge in [-0.1, -0.05) is 34.6 Å². The summed E-state index contributed by atoms with van der Waals surface area (Å²) in [6.07, 6.45) is 3.28. The Morgan fingerprint density at radius 1 is 0.600 bits per heavy atom. The van der Waals surface area contributed by atoms with Gasteiger partial charge in [-0.15, -0.1) is 15.8 Å². The number of unbranched alkanes of at least 4 members (excludes halogenated alkanes) is 1. The Kier molecular flexibility index (Phi) is 33.6. The molecule has 5 heteroatoms. The van der Waals surface area contributed by atoms with Gasteiger partial charge in [0.1, 0.15) is 0 Å². The third-order valence-corrected chi connectivity index (χ3v) is 2.98. The van der Waals surface area contributed by atoms with E-state index in [1.807, 2.05) is 0 Å². The molecular weight excluding hydrogens is 554 g/mol. The molecule has 0 heterocycles. The van der Waals surface area contributed by atoms with E-state index < -0.39 is 17.6 Å². The van der Waals surface area contributed by atoms with Crippen molar-refractivity contribution in [1.82, 2.24) is 0 Å². The molecule has 1 aliphatic rings. The van der Waals surface area contributed by atoms with Crippen LogP contribution in [0, 0.1) is 56.3 Å². The summed E-state index contributed by atoms with van der Waals surface area (Å²) in [5.74, 6) is 7.34. The van der Waals surface area contributed by atoms with Crippen molar-refractivity contribution in [1.29, 1.82) is 0 Å². The third kappa shape index (κ3) is 28.5. The van der Waals surface area contributed by atoms with E-state index in [4.69, 9.17) is 18.4 Å². The van der Waals surface area contributed by atoms with Crippen molar-refractivity contribution >= 4 is 34.2 Å². The summed E-state index contributed by atoms with van der Waals surface area (Å²) in [6.45, 7) is 31.1. The normalized spacial score (nSPS) is 16.0. The van der Waals surface area contributed by atoms with Crippen LogP contribution in [0.3, 0.4) is 0 Å². The molecule has 0 aromatic rings. The Morgan fingerprint density at radius 3 is 0.720 bits per heavy atom. The third-order valence-electron chi connectivity index (χ3n) is 2.98. The van der Waals surface area contributed by atoms with E-state index in [1.54, 1.807) is 12.8 Å². The fourth-order valence-electron chi connectivity index (χ4n) is 1.41. The maximum atomic E-state index is 4.94. The van der Waals surface area contributed by atoms with Gasteiger partial charge in [0.05, 0.1) is 0 Å². The SMILES string of the molecule is CP(C)C.CP(C)C.C[C]1[C](C)[C](C)[C](C)[C]1C.[CH2-][CH][CH][CH2-].[Cl][Ta][Cl]. The van der Waals surface area contributed by atoms with Crippen LogP contribution in [-0.2, 0) is 17.6 Å². The van der Waals surface area contributed by atoms with E-state index in [-0.39, 0.29) is 0 Å². The molecule has 0 spiro atoms. The van der Waals surface area contributed by atoms with Crippen LogP contribution in [-0.4, -0.2) is 40.0 Å². The predicted molar refractivity (Wildman–Crippen MR) is 125 cm³/mol. The van der Waals surface area contributed by atoms with Crippen LogP contribution < -0.4 is 0 Å². The van der Waals surface area contributed by atoms with E-state index in [0.717, 1.165) is 0 Å². The average molecular weight is 593 g/mol. The minimum atomic E-state index is -0.889. The second kappa shape index (κ2) is 24.2. The van der Waals surface area contributed by atoms with Crippen molar-refractivity contribution in [3.8, 4) is 0 Å². The first-order valence-corrected chi connectivity index (χ1v) is 21.3. The van der Waals surface area contributed by atoms with Crippen LogP contribution in [0.15, 0.2) is 0 Å². The predicted octanol–water partition coefficient (Wildman–Crippen LogP) is 8.13. The molecule has 0 nitrogen and oxygen atoms in total. The van der Waals surface area contributed by atoms with Crippen molar-refractivity contribution in [2.75, 3.05) is 40.0 Å². The Hall–Kier alpha value is 2.18. The molecule has 0 bridgehead atoms. The Bertz CT molecular complexity index is 183. The van der Waals surface area contributed by atoms with E-state index in [0.29, 0.717) is 15.8 Å². The summed E-state index contributed by atoms with van der Waals surface area (Å²) < 4.78 is 0. The van der Waals surface area contributed by atoms with Crippen molar-refractivity contribution in [2.24, 2.45) is 0 Å². The minimum absolute atomic E-state index is 0.380. The van der Waals surface area contributed by atoms with Gasteiger partial charge >= 0.3 is 36.0 Å². The number of hydrogen-bond acceptors (Lipinski definition) is 0. The summed E-state index contributed by atoms with van der Waals surface area (Å²) in [5, 5.41) is 0. The Labute approximate surface area is 181 Å². The van der Waals surface area contributed by atoms with Crippen LogP contribution in [0.25, 0.3) is 0 Å². The number of rotatable bonds is 1. The average Bonchev–Trinajstić information content (AvgIpc) is 2.65. The zero-order valence-electron chi connectivity index (χ0n) is 18.2. The van der Waals surface area contributed by atoms with Crippen LogP contribution in [0.4, 0.5) is 0 Å². The topological polar surface area (TPSA) is 0 Å². The van der Waals surface area contributed by atoms with Gasteiger partial charge in [-0.2, -0.15) is 0 Å². The molecule has 0 N–H and O–H groups in total. The Balaban J connectivity index is -0.000000125. The second-order valence-electron chi connectivity index (χ2n) is 6.34. The maximum absolute atomic E-state index is 4.94. The summed E-state index contributed by atoms with van der Waals surface area (Å²) >= 11 is -0.889. The summed E-state index contributed by atoms with van der Waals surface area (Å²) in [5.41, 5.74) is 0. The molecule has 0 atom stereocenters. The molecule has 1 aliphatic carbocycles. The molecule has 0 unspecified atom stereocenters. The van der Waals surface area contributed by atoms with Crippen molar-refractivity contribution in [3.05, 3.63) is 56.3 Å². The van der Waals surface area contributed by atoms with Crippen LogP contribution >= 0.6 is 34.2 Å². The summed E-state index contributed by atoms with van der Waals surface area (Å²) in [4.78, 5) is 0. The van der Waals surface area contributed by atoms with E-state index in [2.05, 4.69) is 88.5 Å². The molecule has 1 fully saturated rings. The number of hydrogen-bond donors (Lipinski definition) is 0. The molecule has 7 radical (unpaired) electrons. The molecule has 0 amide bonds. The first kappa shape index (κ1) is 34.7. The molecule has 1 saturated carbocycles. The van der Waals surface area contributed by atoms with Gasteiger partial charge in [0, 0.05) is 0 Å². The molecule has 25 heavy (non-hydrogen) atoms. The first-order valence-electron chi connectivity index (χ1n) is 7.92. The summed E-state index contributed by atoms with van der Waals surface area (Å²) in [6, 6.07) is 0. The zero-order valence-corrected chi connectivity index (χ0v) is 24.7. The van der Waals surface area contributed by atoms with Gasteiger partial charge < -0.3 is 13.8 Å². The van der Waals surface area contributed by atoms with Gasteiger partial charge in [0.25, 0.3) is 0 Å². The van der Waals surface area contributed by atoms with Gasteiger partial charge in [0.2, 0.25) is 0 Å². The van der Waals surface area contributed by atoms with Gasteiger partial charge in [-0.25, -0.2) is 12.8 Å². The zero-order chi connectivity index (χ0) is 21.2. The Morgan fingerprint density at radius 2 is 0.680 bits per heavy atom. The molecule has 0 saturated heterocycles. The van der Waals surface area contributed by atoms with Crippen LogP contribution in [0.5, 0.6) is 0 Å². The molecular formula is C20H39Cl2P2Ta-2. The number of halogens is 2. The molecule has 1 rings (SSSR count). The fourth-order valence-corrected chi connectivity index (χ4v) is 1.41. The standard InChI is InChI=1S/C10H15.C4H6.2C3H9P.2ClH.Ta/c1-6-7(2)9(4)10(5)8(6)3;1-3-4-2;2*1-4(2)3;;;/h1-5H3;3-4H,1-2H2;2*1-3H3;2*1H;/q;-2;;;;;+2/p-2. The van der Waals surface area contributed by atoms with Crippen molar-refractivity contribution < 1.29 is 17.6 Å². The van der Waals surface area contributed by atoms with Gasteiger partial charge in [-0.3, -0.25) is 0 Å². The van der Waals surface area contributed by atoms with E-state index >= 15 is 0 Å². The first-order chi connectivity index (χ1) is 11.3.